The SMILES string of the molecule is CC(C)(C)OC(=O)C(c1ccnc2[nH]ccc12)N1CCc2c(NC(=O)Nc3ccc(OC(F)(F)F)cc3)cccc21. The summed E-state index contributed by atoms with van der Waals surface area (Å²) in [5.74, 6) is -0.803. The van der Waals surface area contributed by atoms with Gasteiger partial charge in [0.15, 0.2) is 6.04 Å². The van der Waals surface area contributed by atoms with Crippen LogP contribution >= 0.6 is 0 Å². The molecule has 5 rings (SSSR count). The Morgan fingerprint density at radius 3 is 2.49 bits per heavy atom. The van der Waals surface area contributed by atoms with Crippen molar-refractivity contribution in [1.82, 2.24) is 9.97 Å². The van der Waals surface area contributed by atoms with Crippen LogP contribution in [0.25, 0.3) is 11.0 Å². The van der Waals surface area contributed by atoms with E-state index in [9.17, 15) is 22.8 Å². The maximum Gasteiger partial charge on any atom is 0.573 e. The van der Waals surface area contributed by atoms with Crippen LogP contribution in [-0.4, -0.2) is 40.5 Å². The molecule has 0 saturated heterocycles. The van der Waals surface area contributed by atoms with Crippen LogP contribution in [0.2, 0.25) is 0 Å². The van der Waals surface area contributed by atoms with Crippen molar-refractivity contribution in [2.75, 3.05) is 22.1 Å². The van der Waals surface area contributed by atoms with E-state index in [0.717, 1.165) is 34.3 Å². The molecule has 214 valence electrons. The zero-order valence-electron chi connectivity index (χ0n) is 22.5. The fourth-order valence-corrected chi connectivity index (χ4v) is 4.87. The summed E-state index contributed by atoms with van der Waals surface area (Å²) in [5.41, 5.74) is 3.12. The van der Waals surface area contributed by atoms with E-state index in [-0.39, 0.29) is 5.69 Å². The number of aromatic nitrogens is 2. The van der Waals surface area contributed by atoms with Crippen molar-refractivity contribution >= 4 is 40.1 Å². The second kappa shape index (κ2) is 10.7. The van der Waals surface area contributed by atoms with Gasteiger partial charge in [-0.05, 0) is 81.3 Å². The van der Waals surface area contributed by atoms with Crippen molar-refractivity contribution in [2.24, 2.45) is 0 Å². The summed E-state index contributed by atoms with van der Waals surface area (Å²) >= 11 is 0. The molecular weight excluding hydrogens is 539 g/mol. The van der Waals surface area contributed by atoms with E-state index in [1.807, 2.05) is 43.9 Å². The highest BCUT2D eigenvalue weighted by molar-refractivity contribution is 6.01. The summed E-state index contributed by atoms with van der Waals surface area (Å²) in [4.78, 5) is 35.8. The number of carbonyl (C=O) groups is 2. The lowest BCUT2D eigenvalue weighted by Crippen LogP contribution is -2.37. The highest BCUT2D eigenvalue weighted by Crippen LogP contribution is 2.41. The van der Waals surface area contributed by atoms with E-state index in [0.29, 0.717) is 24.3 Å². The van der Waals surface area contributed by atoms with Gasteiger partial charge >= 0.3 is 18.4 Å². The Kier molecular flexibility index (Phi) is 7.24. The number of esters is 1. The van der Waals surface area contributed by atoms with Crippen molar-refractivity contribution in [3.63, 3.8) is 0 Å². The molecular formula is C29H28F3N5O4. The molecule has 41 heavy (non-hydrogen) atoms. The Labute approximate surface area is 233 Å². The van der Waals surface area contributed by atoms with Gasteiger partial charge in [0.25, 0.3) is 0 Å². The number of urea groups is 1. The number of anilines is 3. The number of alkyl halides is 3. The molecule has 0 spiro atoms. The van der Waals surface area contributed by atoms with Gasteiger partial charge in [-0.1, -0.05) is 6.07 Å². The lowest BCUT2D eigenvalue weighted by Gasteiger charge is -2.32. The Morgan fingerprint density at radius 1 is 1.02 bits per heavy atom. The second-order valence-corrected chi connectivity index (χ2v) is 10.5. The van der Waals surface area contributed by atoms with Gasteiger partial charge in [0.2, 0.25) is 0 Å². The third kappa shape index (κ3) is 6.37. The second-order valence-electron chi connectivity index (χ2n) is 10.5. The number of benzene rings is 2. The average molecular weight is 568 g/mol. The zero-order valence-corrected chi connectivity index (χ0v) is 22.5. The fourth-order valence-electron chi connectivity index (χ4n) is 4.87. The molecule has 2 aromatic carbocycles. The topological polar surface area (TPSA) is 109 Å². The van der Waals surface area contributed by atoms with E-state index in [2.05, 4.69) is 25.3 Å². The van der Waals surface area contributed by atoms with Gasteiger partial charge in [-0.2, -0.15) is 0 Å². The highest BCUT2D eigenvalue weighted by atomic mass is 19.4. The molecule has 0 saturated carbocycles. The van der Waals surface area contributed by atoms with Crippen LogP contribution in [0.1, 0.15) is 37.9 Å². The number of halogens is 3. The molecule has 9 nitrogen and oxygen atoms in total. The number of H-pyrrole nitrogens is 1. The lowest BCUT2D eigenvalue weighted by molar-refractivity contribution is -0.274. The van der Waals surface area contributed by atoms with Gasteiger partial charge in [-0.25, -0.2) is 14.6 Å². The van der Waals surface area contributed by atoms with Crippen LogP contribution in [0, 0.1) is 0 Å². The first-order valence-corrected chi connectivity index (χ1v) is 12.9. The van der Waals surface area contributed by atoms with Gasteiger partial charge in [-0.3, -0.25) is 0 Å². The molecule has 3 N–H and O–H groups in total. The van der Waals surface area contributed by atoms with E-state index in [1.54, 1.807) is 24.5 Å². The molecule has 0 aliphatic carbocycles. The van der Waals surface area contributed by atoms with E-state index < -0.39 is 35.8 Å². The van der Waals surface area contributed by atoms with Crippen LogP contribution in [0.15, 0.2) is 67.0 Å². The first-order valence-electron chi connectivity index (χ1n) is 12.9. The van der Waals surface area contributed by atoms with Crippen LogP contribution < -0.4 is 20.3 Å². The predicted octanol–water partition coefficient (Wildman–Crippen LogP) is 6.55. The number of rotatable bonds is 6. The molecule has 1 aliphatic heterocycles. The molecule has 0 radical (unpaired) electrons. The third-order valence-electron chi connectivity index (χ3n) is 6.39. The minimum absolute atomic E-state index is 0.282. The first kappa shape index (κ1) is 27.8. The number of fused-ring (bicyclic) bond motifs is 2. The summed E-state index contributed by atoms with van der Waals surface area (Å²) in [6.07, 6.45) is -0.841. The Hall–Kier alpha value is -4.74. The molecule has 0 fully saturated rings. The number of amides is 2. The number of aromatic amines is 1. The van der Waals surface area contributed by atoms with Gasteiger partial charge in [0.1, 0.15) is 17.0 Å². The molecule has 4 aromatic rings. The fraction of sp³-hybridized carbons (Fsp3) is 0.276. The van der Waals surface area contributed by atoms with Gasteiger partial charge < -0.3 is 30.0 Å². The van der Waals surface area contributed by atoms with Crippen molar-refractivity contribution in [3.8, 4) is 5.75 Å². The van der Waals surface area contributed by atoms with E-state index in [1.165, 1.54) is 12.1 Å². The van der Waals surface area contributed by atoms with Gasteiger partial charge in [0, 0.05) is 47.0 Å². The summed E-state index contributed by atoms with van der Waals surface area (Å²) < 4.78 is 46.9. The number of hydrogen-bond acceptors (Lipinski definition) is 6. The normalized spacial score (nSPS) is 14.0. The number of nitrogens with zero attached hydrogens (tertiary/aromatic N) is 2. The smallest absolute Gasteiger partial charge is 0.458 e. The molecule has 1 unspecified atom stereocenters. The minimum atomic E-state index is -4.80. The molecule has 1 atom stereocenters. The predicted molar refractivity (Wildman–Crippen MR) is 148 cm³/mol. The number of carbonyl (C=O) groups excluding carboxylic acids is 2. The van der Waals surface area contributed by atoms with Crippen molar-refractivity contribution in [3.05, 3.63) is 78.1 Å². The van der Waals surface area contributed by atoms with Crippen LogP contribution in [0.3, 0.4) is 0 Å². The van der Waals surface area contributed by atoms with Crippen molar-refractivity contribution in [2.45, 2.75) is 45.2 Å². The third-order valence-corrected chi connectivity index (χ3v) is 6.39. The number of nitrogens with one attached hydrogen (secondary N) is 3. The maximum absolute atomic E-state index is 13.6. The average Bonchev–Trinajstić information content (AvgIpc) is 3.52. The van der Waals surface area contributed by atoms with Crippen LogP contribution in [0.5, 0.6) is 5.75 Å². The maximum atomic E-state index is 13.6. The van der Waals surface area contributed by atoms with Crippen LogP contribution in [0.4, 0.5) is 35.0 Å². The van der Waals surface area contributed by atoms with Crippen LogP contribution in [-0.2, 0) is 16.0 Å². The lowest BCUT2D eigenvalue weighted by atomic mass is 10.0. The summed E-state index contributed by atoms with van der Waals surface area (Å²) in [5, 5.41) is 6.23. The molecule has 1 aliphatic rings. The summed E-state index contributed by atoms with van der Waals surface area (Å²) in [6.45, 7) is 5.94. The molecule has 0 bridgehead atoms. The van der Waals surface area contributed by atoms with Crippen molar-refractivity contribution < 1.29 is 32.2 Å². The molecule has 3 heterocycles. The molecule has 12 heteroatoms. The summed E-state index contributed by atoms with van der Waals surface area (Å²) in [7, 11) is 0. The Balaban J connectivity index is 1.39. The Morgan fingerprint density at radius 2 is 1.78 bits per heavy atom. The number of ether oxygens (including phenoxy) is 2. The van der Waals surface area contributed by atoms with Gasteiger partial charge in [0.05, 0.1) is 0 Å². The standard InChI is InChI=1S/C29H28F3N5O4/c1-28(2,3)41-26(38)24(19-11-14-33-25-20(19)12-15-34-25)37-16-13-21-22(5-4-6-23(21)37)36-27(39)35-17-7-9-18(10-8-17)40-29(30,31)32/h4-12,14-15,24H,13,16H2,1-3H3,(H,33,34)(H2,35,36,39). The molecule has 2 aromatic heterocycles. The highest BCUT2D eigenvalue weighted by Gasteiger charge is 2.37. The minimum Gasteiger partial charge on any atom is -0.458 e. The monoisotopic (exact) mass is 567 g/mol. The Bertz CT molecular complexity index is 1580. The zero-order chi connectivity index (χ0) is 29.4. The van der Waals surface area contributed by atoms with Crippen molar-refractivity contribution in [1.29, 1.82) is 0 Å². The van der Waals surface area contributed by atoms with Gasteiger partial charge in [-0.15, -0.1) is 13.2 Å². The number of hydrogen-bond donors (Lipinski definition) is 3. The first-order chi connectivity index (χ1) is 19.4. The summed E-state index contributed by atoms with van der Waals surface area (Å²) in [6, 6.07) is 12.6. The van der Waals surface area contributed by atoms with E-state index >= 15 is 0 Å². The largest absolute Gasteiger partial charge is 0.573 e. The number of pyridine rings is 1. The quantitative estimate of drug-likeness (QED) is 0.228. The molecule has 2 amide bonds. The van der Waals surface area contributed by atoms with E-state index in [4.69, 9.17) is 4.74 Å².